The minimum atomic E-state index is 0.233. The normalized spacial score (nSPS) is 10.6. The Morgan fingerprint density at radius 2 is 2.05 bits per heavy atom. The molecular weight excluding hydrogens is 276 g/mol. The van der Waals surface area contributed by atoms with Gasteiger partial charge in [0.25, 0.3) is 0 Å². The Bertz CT molecular complexity index is 532. The summed E-state index contributed by atoms with van der Waals surface area (Å²) in [5.74, 6) is 1.11. The Labute approximate surface area is 121 Å². The summed E-state index contributed by atoms with van der Waals surface area (Å²) in [6.07, 6.45) is 1.45. The zero-order valence-electron chi connectivity index (χ0n) is 11.0. The lowest BCUT2D eigenvalue weighted by Gasteiger charge is -2.02. The molecule has 0 spiro atoms. The first-order chi connectivity index (χ1) is 9.15. The van der Waals surface area contributed by atoms with Gasteiger partial charge in [-0.25, -0.2) is 9.97 Å². The molecule has 19 heavy (non-hydrogen) atoms. The molecule has 2 aromatic heterocycles. The summed E-state index contributed by atoms with van der Waals surface area (Å²) in [7, 11) is 0. The van der Waals surface area contributed by atoms with Gasteiger partial charge in [-0.05, 0) is 37.8 Å². The summed E-state index contributed by atoms with van der Waals surface area (Å²) < 4.78 is 0. The third-order valence-electron chi connectivity index (χ3n) is 2.54. The van der Waals surface area contributed by atoms with Gasteiger partial charge >= 0.3 is 0 Å². The van der Waals surface area contributed by atoms with Crippen molar-refractivity contribution in [2.75, 3.05) is 5.75 Å². The van der Waals surface area contributed by atoms with Gasteiger partial charge < -0.3 is 0 Å². The molecule has 2 rings (SSSR count). The van der Waals surface area contributed by atoms with Crippen LogP contribution < -0.4 is 0 Å². The Morgan fingerprint density at radius 3 is 2.68 bits per heavy atom. The number of nitrogens with zero attached hydrogens (tertiary/aromatic N) is 2. The second kappa shape index (κ2) is 6.82. The lowest BCUT2D eigenvalue weighted by atomic mass is 10.2. The molecule has 2 heterocycles. The summed E-state index contributed by atoms with van der Waals surface area (Å²) in [6, 6.07) is 5.76. The van der Waals surface area contributed by atoms with E-state index in [-0.39, 0.29) is 5.78 Å². The van der Waals surface area contributed by atoms with E-state index >= 15 is 0 Å². The highest BCUT2D eigenvalue weighted by Gasteiger charge is 2.07. The van der Waals surface area contributed by atoms with E-state index in [9.17, 15) is 4.79 Å². The van der Waals surface area contributed by atoms with E-state index in [1.165, 1.54) is 11.3 Å². The number of carbonyl (C=O) groups is 1. The van der Waals surface area contributed by atoms with Gasteiger partial charge in [0, 0.05) is 23.6 Å². The lowest BCUT2D eigenvalue weighted by Crippen LogP contribution is -1.98. The first-order valence-electron chi connectivity index (χ1n) is 6.17. The number of aromatic nitrogens is 2. The molecule has 0 aliphatic rings. The molecule has 100 valence electrons. The maximum absolute atomic E-state index is 11.8. The molecule has 0 saturated heterocycles. The van der Waals surface area contributed by atoms with Gasteiger partial charge in [0.15, 0.2) is 10.9 Å². The summed E-state index contributed by atoms with van der Waals surface area (Å²) in [5.41, 5.74) is 1.98. The molecule has 0 amide bonds. The number of rotatable bonds is 6. The van der Waals surface area contributed by atoms with Crippen molar-refractivity contribution in [2.24, 2.45) is 0 Å². The molecule has 0 unspecified atom stereocenters. The van der Waals surface area contributed by atoms with E-state index in [4.69, 9.17) is 0 Å². The number of aryl methyl sites for hydroxylation is 2. The fourth-order valence-corrected chi connectivity index (χ4v) is 3.30. The summed E-state index contributed by atoms with van der Waals surface area (Å²) in [5, 5.41) is 2.74. The Morgan fingerprint density at radius 1 is 1.32 bits per heavy atom. The highest BCUT2D eigenvalue weighted by Crippen LogP contribution is 2.18. The molecule has 0 aliphatic heterocycles. The molecule has 0 atom stereocenters. The summed E-state index contributed by atoms with van der Waals surface area (Å²) in [4.78, 5) is 21.4. The Kier molecular flexibility index (Phi) is 5.10. The molecule has 3 nitrogen and oxygen atoms in total. The molecule has 0 fully saturated rings. The van der Waals surface area contributed by atoms with E-state index in [0.717, 1.165) is 33.6 Å². The Balaban J connectivity index is 1.76. The van der Waals surface area contributed by atoms with Crippen molar-refractivity contribution in [1.82, 2.24) is 9.97 Å². The van der Waals surface area contributed by atoms with Crippen LogP contribution in [0.15, 0.2) is 28.7 Å². The molecule has 0 saturated carbocycles. The maximum Gasteiger partial charge on any atom is 0.187 e. The number of hydrogen-bond acceptors (Lipinski definition) is 5. The van der Waals surface area contributed by atoms with Crippen molar-refractivity contribution in [3.8, 4) is 0 Å². The monoisotopic (exact) mass is 292 g/mol. The maximum atomic E-state index is 11.8. The van der Waals surface area contributed by atoms with E-state index in [0.29, 0.717) is 6.42 Å². The first kappa shape index (κ1) is 14.2. The Hall–Kier alpha value is -1.20. The van der Waals surface area contributed by atoms with Crippen molar-refractivity contribution < 1.29 is 4.79 Å². The van der Waals surface area contributed by atoms with Gasteiger partial charge in [-0.1, -0.05) is 17.8 Å². The molecule has 0 radical (unpaired) electrons. The van der Waals surface area contributed by atoms with Crippen LogP contribution in [0.1, 0.15) is 33.9 Å². The van der Waals surface area contributed by atoms with Gasteiger partial charge in [0.2, 0.25) is 0 Å². The fourth-order valence-electron chi connectivity index (χ4n) is 1.71. The summed E-state index contributed by atoms with van der Waals surface area (Å²) >= 11 is 3.13. The number of thioether (sulfide) groups is 1. The topological polar surface area (TPSA) is 42.9 Å². The predicted molar refractivity (Wildman–Crippen MR) is 80.1 cm³/mol. The molecule has 0 bridgehead atoms. The lowest BCUT2D eigenvalue weighted by molar-refractivity contribution is 0.0986. The SMILES string of the molecule is Cc1cc(C)nc(SCCCC(=O)c2cccs2)n1. The highest BCUT2D eigenvalue weighted by atomic mass is 32.2. The molecule has 0 aliphatic carbocycles. The predicted octanol–water partition coefficient (Wildman–Crippen LogP) is 3.91. The van der Waals surface area contributed by atoms with Crippen LogP contribution >= 0.6 is 23.1 Å². The second-order valence-electron chi connectivity index (χ2n) is 4.29. The van der Waals surface area contributed by atoms with Crippen LogP contribution in [0.5, 0.6) is 0 Å². The quantitative estimate of drug-likeness (QED) is 0.350. The average Bonchev–Trinajstić information content (AvgIpc) is 2.87. The van der Waals surface area contributed by atoms with E-state index in [2.05, 4.69) is 9.97 Å². The fraction of sp³-hybridized carbons (Fsp3) is 0.357. The van der Waals surface area contributed by atoms with Crippen molar-refractivity contribution in [3.05, 3.63) is 39.8 Å². The van der Waals surface area contributed by atoms with Gasteiger partial charge in [-0.15, -0.1) is 11.3 Å². The number of ketones is 1. The van der Waals surface area contributed by atoms with Crippen LogP contribution in [-0.2, 0) is 0 Å². The molecule has 5 heteroatoms. The van der Waals surface area contributed by atoms with Gasteiger partial charge in [0.05, 0.1) is 4.88 Å². The van der Waals surface area contributed by atoms with Crippen molar-refractivity contribution in [2.45, 2.75) is 31.8 Å². The van der Waals surface area contributed by atoms with Crippen molar-refractivity contribution in [3.63, 3.8) is 0 Å². The van der Waals surface area contributed by atoms with Crippen LogP contribution in [0.3, 0.4) is 0 Å². The van der Waals surface area contributed by atoms with E-state index < -0.39 is 0 Å². The standard InChI is InChI=1S/C14H16N2OS2/c1-10-9-11(2)16-14(15-10)19-8-3-5-12(17)13-6-4-7-18-13/h4,6-7,9H,3,5,8H2,1-2H3. The third-order valence-corrected chi connectivity index (χ3v) is 4.38. The van der Waals surface area contributed by atoms with Gasteiger partial charge in [-0.2, -0.15) is 0 Å². The zero-order chi connectivity index (χ0) is 13.7. The highest BCUT2D eigenvalue weighted by molar-refractivity contribution is 7.99. The molecular formula is C14H16N2OS2. The number of Topliss-reactive ketones (excluding diaryl/α,β-unsaturated/α-hetero) is 1. The second-order valence-corrected chi connectivity index (χ2v) is 6.30. The minimum absolute atomic E-state index is 0.233. The van der Waals surface area contributed by atoms with E-state index in [1.54, 1.807) is 11.8 Å². The average molecular weight is 292 g/mol. The van der Waals surface area contributed by atoms with Gasteiger partial charge in [-0.3, -0.25) is 4.79 Å². The number of hydrogen-bond donors (Lipinski definition) is 0. The van der Waals surface area contributed by atoms with E-state index in [1.807, 2.05) is 37.4 Å². The summed E-state index contributed by atoms with van der Waals surface area (Å²) in [6.45, 7) is 3.94. The van der Waals surface area contributed by atoms with Crippen molar-refractivity contribution >= 4 is 28.9 Å². The third kappa shape index (κ3) is 4.44. The van der Waals surface area contributed by atoms with Crippen LogP contribution in [0.4, 0.5) is 0 Å². The molecule has 0 aromatic carbocycles. The minimum Gasteiger partial charge on any atom is -0.293 e. The van der Waals surface area contributed by atoms with Crippen LogP contribution in [0.2, 0.25) is 0 Å². The van der Waals surface area contributed by atoms with Crippen molar-refractivity contribution in [1.29, 1.82) is 0 Å². The molecule has 0 N–H and O–H groups in total. The first-order valence-corrected chi connectivity index (χ1v) is 8.03. The number of thiophene rings is 1. The van der Waals surface area contributed by atoms with Gasteiger partial charge in [0.1, 0.15) is 0 Å². The van der Waals surface area contributed by atoms with Crippen LogP contribution in [0.25, 0.3) is 0 Å². The largest absolute Gasteiger partial charge is 0.293 e. The van der Waals surface area contributed by atoms with Crippen LogP contribution in [-0.4, -0.2) is 21.5 Å². The van der Waals surface area contributed by atoms with Crippen LogP contribution in [0, 0.1) is 13.8 Å². The zero-order valence-corrected chi connectivity index (χ0v) is 12.7. The smallest absolute Gasteiger partial charge is 0.187 e. The number of carbonyl (C=O) groups excluding carboxylic acids is 1. The molecule has 2 aromatic rings.